The van der Waals surface area contributed by atoms with Crippen molar-refractivity contribution in [2.75, 3.05) is 34.2 Å². The second-order valence-electron chi connectivity index (χ2n) is 7.33. The van der Waals surface area contributed by atoms with E-state index in [4.69, 9.17) is 18.9 Å². The lowest BCUT2D eigenvalue weighted by Crippen LogP contribution is -2.05. The van der Waals surface area contributed by atoms with Gasteiger partial charge in [0.2, 0.25) is 5.75 Å². The SMILES string of the molecule is COc1ccc(-n2c(SCC(=O)c3ccccc3)nnc2-c2cc(OC)c(OC)c(OC)c2)cc1. The first-order valence-corrected chi connectivity index (χ1v) is 11.7. The van der Waals surface area contributed by atoms with Crippen LogP contribution in [0.15, 0.2) is 71.9 Å². The summed E-state index contributed by atoms with van der Waals surface area (Å²) in [6.45, 7) is 0. The number of carbonyl (C=O) groups is 1. The monoisotopic (exact) mass is 491 g/mol. The second-order valence-corrected chi connectivity index (χ2v) is 8.27. The van der Waals surface area contributed by atoms with E-state index in [2.05, 4.69) is 10.2 Å². The number of thioether (sulfide) groups is 1. The van der Waals surface area contributed by atoms with Crippen molar-refractivity contribution in [1.82, 2.24) is 14.8 Å². The third-order valence-electron chi connectivity index (χ3n) is 5.32. The zero-order chi connectivity index (χ0) is 24.8. The van der Waals surface area contributed by atoms with Gasteiger partial charge in [0, 0.05) is 16.8 Å². The maximum Gasteiger partial charge on any atom is 0.203 e. The lowest BCUT2D eigenvalue weighted by Gasteiger charge is -2.15. The molecule has 1 heterocycles. The Morgan fingerprint density at radius 1 is 0.829 bits per heavy atom. The largest absolute Gasteiger partial charge is 0.497 e. The fraction of sp³-hybridized carbons (Fsp3) is 0.192. The van der Waals surface area contributed by atoms with Crippen molar-refractivity contribution in [1.29, 1.82) is 0 Å². The van der Waals surface area contributed by atoms with Crippen molar-refractivity contribution in [3.63, 3.8) is 0 Å². The Hall–Kier alpha value is -3.98. The Morgan fingerprint density at radius 2 is 1.49 bits per heavy atom. The molecule has 35 heavy (non-hydrogen) atoms. The predicted molar refractivity (Wildman–Crippen MR) is 134 cm³/mol. The summed E-state index contributed by atoms with van der Waals surface area (Å²) in [5, 5.41) is 9.44. The number of ether oxygens (including phenoxy) is 4. The highest BCUT2D eigenvalue weighted by Crippen LogP contribution is 2.41. The highest BCUT2D eigenvalue weighted by molar-refractivity contribution is 7.99. The van der Waals surface area contributed by atoms with Gasteiger partial charge in [-0.2, -0.15) is 0 Å². The molecule has 0 spiro atoms. The van der Waals surface area contributed by atoms with Crippen molar-refractivity contribution >= 4 is 17.5 Å². The molecule has 0 atom stereocenters. The third kappa shape index (κ3) is 5.09. The molecule has 0 saturated heterocycles. The lowest BCUT2D eigenvalue weighted by molar-refractivity contribution is 0.102. The van der Waals surface area contributed by atoms with Crippen LogP contribution in [0.5, 0.6) is 23.0 Å². The van der Waals surface area contributed by atoms with Crippen LogP contribution in [0, 0.1) is 0 Å². The van der Waals surface area contributed by atoms with Crippen LogP contribution in [0.4, 0.5) is 0 Å². The van der Waals surface area contributed by atoms with Crippen molar-refractivity contribution in [2.45, 2.75) is 5.16 Å². The van der Waals surface area contributed by atoms with Gasteiger partial charge in [0.1, 0.15) is 5.75 Å². The summed E-state index contributed by atoms with van der Waals surface area (Å²) in [6, 6.07) is 20.4. The molecule has 4 rings (SSSR count). The van der Waals surface area contributed by atoms with Gasteiger partial charge in [-0.1, -0.05) is 42.1 Å². The molecule has 0 aliphatic carbocycles. The molecule has 0 radical (unpaired) electrons. The molecule has 0 bridgehead atoms. The van der Waals surface area contributed by atoms with E-state index in [0.29, 0.717) is 39.4 Å². The van der Waals surface area contributed by atoms with Gasteiger partial charge >= 0.3 is 0 Å². The molecule has 4 aromatic rings. The molecular formula is C26H25N3O5S. The number of hydrogen-bond donors (Lipinski definition) is 0. The van der Waals surface area contributed by atoms with Gasteiger partial charge in [-0.3, -0.25) is 9.36 Å². The topological polar surface area (TPSA) is 84.7 Å². The summed E-state index contributed by atoms with van der Waals surface area (Å²) in [7, 11) is 6.29. The van der Waals surface area contributed by atoms with Gasteiger partial charge in [0.15, 0.2) is 28.3 Å². The van der Waals surface area contributed by atoms with Crippen molar-refractivity contribution < 1.29 is 23.7 Å². The average molecular weight is 492 g/mol. The van der Waals surface area contributed by atoms with Crippen LogP contribution in [0.3, 0.4) is 0 Å². The van der Waals surface area contributed by atoms with Gasteiger partial charge < -0.3 is 18.9 Å². The second kappa shape index (κ2) is 11.0. The molecular weight excluding hydrogens is 466 g/mol. The highest BCUT2D eigenvalue weighted by atomic mass is 32.2. The first kappa shape index (κ1) is 24.2. The van der Waals surface area contributed by atoms with Gasteiger partial charge in [-0.15, -0.1) is 10.2 Å². The van der Waals surface area contributed by atoms with E-state index in [-0.39, 0.29) is 11.5 Å². The van der Waals surface area contributed by atoms with E-state index in [1.165, 1.54) is 11.8 Å². The Morgan fingerprint density at radius 3 is 2.06 bits per heavy atom. The van der Waals surface area contributed by atoms with Crippen LogP contribution in [0.2, 0.25) is 0 Å². The fourth-order valence-electron chi connectivity index (χ4n) is 3.56. The Bertz CT molecular complexity index is 1280. The van der Waals surface area contributed by atoms with Gasteiger partial charge in [-0.05, 0) is 36.4 Å². The fourth-order valence-corrected chi connectivity index (χ4v) is 4.41. The molecule has 0 unspecified atom stereocenters. The number of Topliss-reactive ketones (excluding diaryl/α,β-unsaturated/α-hetero) is 1. The number of aromatic nitrogens is 3. The summed E-state index contributed by atoms with van der Waals surface area (Å²) in [6.07, 6.45) is 0. The molecule has 0 fully saturated rings. The van der Waals surface area contributed by atoms with E-state index in [1.54, 1.807) is 40.6 Å². The normalized spacial score (nSPS) is 10.6. The number of ketones is 1. The standard InChI is InChI=1S/C26H25N3O5S/c1-31-20-12-10-19(11-13-20)29-25(18-14-22(32-2)24(34-4)23(15-18)33-3)27-28-26(29)35-16-21(30)17-8-6-5-7-9-17/h5-15H,16H2,1-4H3. The number of carbonyl (C=O) groups excluding carboxylic acids is 1. The van der Waals surface area contributed by atoms with E-state index in [0.717, 1.165) is 11.4 Å². The van der Waals surface area contributed by atoms with E-state index in [1.807, 2.05) is 59.2 Å². The maximum absolute atomic E-state index is 12.7. The minimum Gasteiger partial charge on any atom is -0.497 e. The molecule has 9 heteroatoms. The van der Waals surface area contributed by atoms with Crippen LogP contribution in [0.25, 0.3) is 17.1 Å². The summed E-state index contributed by atoms with van der Waals surface area (Å²) in [5.41, 5.74) is 2.18. The zero-order valence-electron chi connectivity index (χ0n) is 19.8. The summed E-state index contributed by atoms with van der Waals surface area (Å²) in [4.78, 5) is 12.7. The Labute approximate surface area is 207 Å². The van der Waals surface area contributed by atoms with E-state index >= 15 is 0 Å². The van der Waals surface area contributed by atoms with Crippen molar-refractivity contribution in [2.24, 2.45) is 0 Å². The lowest BCUT2D eigenvalue weighted by atomic mass is 10.1. The summed E-state index contributed by atoms with van der Waals surface area (Å²) in [5.74, 6) is 2.99. The quantitative estimate of drug-likeness (QED) is 0.228. The van der Waals surface area contributed by atoms with E-state index in [9.17, 15) is 4.79 Å². The van der Waals surface area contributed by atoms with Crippen LogP contribution in [-0.2, 0) is 0 Å². The predicted octanol–water partition coefficient (Wildman–Crippen LogP) is 4.94. The minimum atomic E-state index is 0.00853. The maximum atomic E-state index is 12.7. The number of methoxy groups -OCH3 is 4. The third-order valence-corrected chi connectivity index (χ3v) is 6.24. The molecule has 0 aliphatic rings. The first-order chi connectivity index (χ1) is 17.1. The van der Waals surface area contributed by atoms with Crippen molar-refractivity contribution in [3.8, 4) is 40.1 Å². The van der Waals surface area contributed by atoms with Gasteiger partial charge in [0.05, 0.1) is 34.2 Å². The first-order valence-electron chi connectivity index (χ1n) is 10.7. The van der Waals surface area contributed by atoms with Gasteiger partial charge in [0.25, 0.3) is 0 Å². The number of hydrogen-bond acceptors (Lipinski definition) is 8. The van der Waals surface area contributed by atoms with Crippen LogP contribution >= 0.6 is 11.8 Å². The molecule has 1 aromatic heterocycles. The minimum absolute atomic E-state index is 0.00853. The molecule has 0 saturated carbocycles. The Balaban J connectivity index is 1.78. The molecule has 0 aliphatic heterocycles. The number of benzene rings is 3. The average Bonchev–Trinajstić information content (AvgIpc) is 3.35. The number of rotatable bonds is 10. The number of nitrogens with zero attached hydrogens (tertiary/aromatic N) is 3. The zero-order valence-corrected chi connectivity index (χ0v) is 20.7. The summed E-state index contributed by atoms with van der Waals surface area (Å²) < 4.78 is 23.7. The summed E-state index contributed by atoms with van der Waals surface area (Å²) >= 11 is 1.32. The van der Waals surface area contributed by atoms with E-state index < -0.39 is 0 Å². The molecule has 180 valence electrons. The van der Waals surface area contributed by atoms with Crippen molar-refractivity contribution in [3.05, 3.63) is 72.3 Å². The molecule has 3 aromatic carbocycles. The van der Waals surface area contributed by atoms with Crippen LogP contribution < -0.4 is 18.9 Å². The molecule has 0 N–H and O–H groups in total. The van der Waals surface area contributed by atoms with Gasteiger partial charge in [-0.25, -0.2) is 0 Å². The van der Waals surface area contributed by atoms with Crippen LogP contribution in [-0.4, -0.2) is 54.7 Å². The smallest absolute Gasteiger partial charge is 0.203 e. The Kier molecular flexibility index (Phi) is 7.57. The molecule has 8 nitrogen and oxygen atoms in total. The highest BCUT2D eigenvalue weighted by Gasteiger charge is 2.21. The van der Waals surface area contributed by atoms with Crippen LogP contribution in [0.1, 0.15) is 10.4 Å². The molecule has 0 amide bonds.